The van der Waals surface area contributed by atoms with E-state index in [1.165, 1.54) is 4.57 Å². The van der Waals surface area contributed by atoms with Crippen molar-refractivity contribution in [3.63, 3.8) is 0 Å². The zero-order valence-electron chi connectivity index (χ0n) is 14.8. The van der Waals surface area contributed by atoms with Crippen molar-refractivity contribution in [1.29, 1.82) is 0 Å². The van der Waals surface area contributed by atoms with Gasteiger partial charge in [-0.15, -0.1) is 0 Å². The number of benzene rings is 3. The molecular formula is C22H16N2O4. The molecule has 1 aromatic heterocycles. The largest absolute Gasteiger partial charge is 0.402 e. The van der Waals surface area contributed by atoms with Gasteiger partial charge in [-0.3, -0.25) is 19.0 Å². The Hall–Kier alpha value is -3.93. The van der Waals surface area contributed by atoms with E-state index in [1.807, 2.05) is 18.2 Å². The lowest BCUT2D eigenvalue weighted by atomic mass is 10.2. The monoisotopic (exact) mass is 372 g/mol. The van der Waals surface area contributed by atoms with Crippen LogP contribution in [0.15, 0.2) is 99.3 Å². The van der Waals surface area contributed by atoms with Gasteiger partial charge < -0.3 is 4.84 Å². The van der Waals surface area contributed by atoms with Gasteiger partial charge in [-0.1, -0.05) is 65.4 Å². The molecule has 0 atom stereocenters. The quantitative estimate of drug-likeness (QED) is 0.515. The van der Waals surface area contributed by atoms with E-state index >= 15 is 0 Å². The zero-order valence-corrected chi connectivity index (χ0v) is 14.8. The number of fused-ring (bicyclic) bond motifs is 1. The molecule has 0 aliphatic carbocycles. The Morgan fingerprint density at radius 3 is 1.96 bits per heavy atom. The molecule has 0 saturated carbocycles. The van der Waals surface area contributed by atoms with Gasteiger partial charge in [0.15, 0.2) is 0 Å². The maximum absolute atomic E-state index is 13.0. The standard InChI is InChI=1S/C22H16N2O4/c25-20-18-13-7-8-14-19(18)23(17-11-5-2-6-12-17)21(26)22(27)24(20)28-15-16-9-3-1-4-10-16/h1-14H,15H2. The zero-order chi connectivity index (χ0) is 19.5. The van der Waals surface area contributed by atoms with Crippen LogP contribution >= 0.6 is 0 Å². The van der Waals surface area contributed by atoms with Crippen molar-refractivity contribution in [3.05, 3.63) is 122 Å². The molecule has 138 valence electrons. The van der Waals surface area contributed by atoms with Crippen LogP contribution < -0.4 is 21.5 Å². The highest BCUT2D eigenvalue weighted by atomic mass is 16.7. The SMILES string of the molecule is O=c1c(=O)n(-c2ccccc2)c2ccccc2c(=O)n1OCc1ccccc1. The Bertz CT molecular complexity index is 1310. The lowest BCUT2D eigenvalue weighted by Gasteiger charge is -2.05. The molecule has 0 spiro atoms. The minimum absolute atomic E-state index is 0.0148. The first-order chi connectivity index (χ1) is 13.7. The Labute approximate surface area is 159 Å². The van der Waals surface area contributed by atoms with Gasteiger partial charge in [0.1, 0.15) is 6.61 Å². The number of hydrogen-bond acceptors (Lipinski definition) is 4. The lowest BCUT2D eigenvalue weighted by molar-refractivity contribution is 0.0830. The molecule has 0 amide bonds. The first kappa shape index (κ1) is 17.5. The predicted octanol–water partition coefficient (Wildman–Crippen LogP) is 2.14. The average Bonchev–Trinajstić information content (AvgIpc) is 2.82. The summed E-state index contributed by atoms with van der Waals surface area (Å²) in [4.78, 5) is 44.3. The van der Waals surface area contributed by atoms with Crippen molar-refractivity contribution in [1.82, 2.24) is 9.30 Å². The van der Waals surface area contributed by atoms with Gasteiger partial charge in [0.05, 0.1) is 10.9 Å². The Balaban J connectivity index is 2.00. The van der Waals surface area contributed by atoms with Crippen molar-refractivity contribution >= 4 is 10.9 Å². The summed E-state index contributed by atoms with van der Waals surface area (Å²) in [6, 6.07) is 24.4. The van der Waals surface area contributed by atoms with Crippen LogP contribution in [0.1, 0.15) is 5.56 Å². The van der Waals surface area contributed by atoms with Crippen molar-refractivity contribution < 1.29 is 4.84 Å². The summed E-state index contributed by atoms with van der Waals surface area (Å²) in [7, 11) is 0. The van der Waals surface area contributed by atoms with Gasteiger partial charge >= 0.3 is 11.1 Å². The summed E-state index contributed by atoms with van der Waals surface area (Å²) in [5.41, 5.74) is -0.983. The fraction of sp³-hybridized carbons (Fsp3) is 0.0455. The first-order valence-electron chi connectivity index (χ1n) is 8.70. The van der Waals surface area contributed by atoms with E-state index in [9.17, 15) is 14.4 Å². The second-order valence-corrected chi connectivity index (χ2v) is 6.16. The smallest absolute Gasteiger partial charge is 0.352 e. The molecule has 0 aliphatic rings. The molecule has 0 radical (unpaired) electrons. The maximum atomic E-state index is 13.0. The van der Waals surface area contributed by atoms with E-state index in [-0.39, 0.29) is 12.0 Å². The summed E-state index contributed by atoms with van der Waals surface area (Å²) in [5.74, 6) is 0. The third-order valence-electron chi connectivity index (χ3n) is 4.35. The summed E-state index contributed by atoms with van der Waals surface area (Å²) in [6.07, 6.45) is 0. The van der Waals surface area contributed by atoms with Crippen LogP contribution in [0, 0.1) is 0 Å². The number of para-hydroxylation sites is 2. The summed E-state index contributed by atoms with van der Waals surface area (Å²) >= 11 is 0. The molecule has 3 aromatic carbocycles. The number of rotatable bonds is 4. The first-order valence-corrected chi connectivity index (χ1v) is 8.70. The van der Waals surface area contributed by atoms with E-state index in [0.717, 1.165) is 5.56 Å². The number of nitrogens with zero attached hydrogens (tertiary/aromatic N) is 2. The van der Waals surface area contributed by atoms with Crippen LogP contribution in [0.2, 0.25) is 0 Å². The highest BCUT2D eigenvalue weighted by Gasteiger charge is 2.15. The van der Waals surface area contributed by atoms with Gasteiger partial charge in [0.2, 0.25) is 0 Å². The minimum Gasteiger partial charge on any atom is -0.402 e. The van der Waals surface area contributed by atoms with Crippen LogP contribution in [-0.4, -0.2) is 9.30 Å². The molecule has 4 rings (SSSR count). The van der Waals surface area contributed by atoms with Crippen LogP contribution in [0.5, 0.6) is 0 Å². The molecule has 0 fully saturated rings. The fourth-order valence-corrected chi connectivity index (χ4v) is 3.01. The third kappa shape index (κ3) is 3.12. The summed E-state index contributed by atoms with van der Waals surface area (Å²) < 4.78 is 1.79. The lowest BCUT2D eigenvalue weighted by Crippen LogP contribution is -2.44. The van der Waals surface area contributed by atoms with Gasteiger partial charge in [-0.05, 0) is 29.8 Å². The van der Waals surface area contributed by atoms with E-state index in [0.29, 0.717) is 15.9 Å². The molecule has 28 heavy (non-hydrogen) atoms. The molecule has 1 heterocycles. The molecule has 0 N–H and O–H groups in total. The van der Waals surface area contributed by atoms with Gasteiger partial charge in [0, 0.05) is 5.69 Å². The van der Waals surface area contributed by atoms with Crippen molar-refractivity contribution in [2.24, 2.45) is 0 Å². The number of aromatic nitrogens is 2. The van der Waals surface area contributed by atoms with E-state index in [1.54, 1.807) is 66.7 Å². The van der Waals surface area contributed by atoms with E-state index in [2.05, 4.69) is 0 Å². The van der Waals surface area contributed by atoms with Gasteiger partial charge in [-0.25, -0.2) is 0 Å². The highest BCUT2D eigenvalue weighted by molar-refractivity contribution is 5.79. The maximum Gasteiger partial charge on any atom is 0.352 e. The molecule has 0 aliphatic heterocycles. The van der Waals surface area contributed by atoms with Crippen LogP contribution in [0.25, 0.3) is 16.6 Å². The Morgan fingerprint density at radius 1 is 0.643 bits per heavy atom. The van der Waals surface area contributed by atoms with E-state index < -0.39 is 16.7 Å². The molecule has 0 unspecified atom stereocenters. The minimum atomic E-state index is -1.04. The Kier molecular flexibility index (Phi) is 4.60. The van der Waals surface area contributed by atoms with Crippen LogP contribution in [-0.2, 0) is 6.61 Å². The molecule has 4 aromatic rings. The third-order valence-corrected chi connectivity index (χ3v) is 4.35. The van der Waals surface area contributed by atoms with Crippen LogP contribution in [0.3, 0.4) is 0 Å². The highest BCUT2D eigenvalue weighted by Crippen LogP contribution is 2.12. The fourth-order valence-electron chi connectivity index (χ4n) is 3.01. The second-order valence-electron chi connectivity index (χ2n) is 6.16. The molecule has 0 saturated heterocycles. The van der Waals surface area contributed by atoms with Crippen LogP contribution in [0.4, 0.5) is 0 Å². The predicted molar refractivity (Wildman–Crippen MR) is 107 cm³/mol. The van der Waals surface area contributed by atoms with Crippen molar-refractivity contribution in [2.45, 2.75) is 6.61 Å². The normalized spacial score (nSPS) is 10.7. The summed E-state index contributed by atoms with van der Waals surface area (Å²) in [5, 5.41) is 0.207. The topological polar surface area (TPSA) is 70.3 Å². The van der Waals surface area contributed by atoms with Crippen molar-refractivity contribution in [3.8, 4) is 5.69 Å². The summed E-state index contributed by atoms with van der Waals surface area (Å²) in [6.45, 7) is -0.0148. The molecule has 6 heteroatoms. The van der Waals surface area contributed by atoms with Gasteiger partial charge in [-0.2, -0.15) is 0 Å². The average molecular weight is 372 g/mol. The second kappa shape index (κ2) is 7.36. The van der Waals surface area contributed by atoms with Crippen molar-refractivity contribution in [2.75, 3.05) is 0 Å². The van der Waals surface area contributed by atoms with Gasteiger partial charge in [0.25, 0.3) is 5.56 Å². The number of hydrogen-bond donors (Lipinski definition) is 0. The molecule has 6 nitrogen and oxygen atoms in total. The van der Waals surface area contributed by atoms with E-state index in [4.69, 9.17) is 4.84 Å². The Morgan fingerprint density at radius 2 is 1.25 bits per heavy atom. The molecular weight excluding hydrogens is 356 g/mol. The molecule has 0 bridgehead atoms.